The number of rotatable bonds is 12. The molecule has 10 nitrogen and oxygen atoms in total. The highest BCUT2D eigenvalue weighted by Gasteiger charge is 2.55. The van der Waals surface area contributed by atoms with Gasteiger partial charge in [0.15, 0.2) is 0 Å². The summed E-state index contributed by atoms with van der Waals surface area (Å²) in [5.41, 5.74) is 10.2. The van der Waals surface area contributed by atoms with E-state index < -0.39 is 40.3 Å². The van der Waals surface area contributed by atoms with Crippen LogP contribution in [0.2, 0.25) is 6.32 Å². The van der Waals surface area contributed by atoms with Crippen molar-refractivity contribution >= 4 is 23.3 Å². The number of hydrogen-bond acceptors (Lipinski definition) is 7. The normalized spacial score (nSPS) is 27.9. The van der Waals surface area contributed by atoms with Crippen molar-refractivity contribution in [3.05, 3.63) is 0 Å². The maximum Gasteiger partial charge on any atom is 0.451 e. The number of nitrogens with two attached hydrogens (primary N) is 2. The summed E-state index contributed by atoms with van der Waals surface area (Å²) in [6.45, 7) is 3.77. The lowest BCUT2D eigenvalue weighted by atomic mass is 9.78. The lowest BCUT2D eigenvalue weighted by molar-refractivity contribution is -0.144. The van der Waals surface area contributed by atoms with Gasteiger partial charge in [-0.25, -0.2) is 0 Å². The summed E-state index contributed by atoms with van der Waals surface area (Å²) in [6, 6.07) is -0.389. The summed E-state index contributed by atoms with van der Waals surface area (Å²) >= 11 is 0. The third-order valence-electron chi connectivity index (χ3n) is 6.45. The van der Waals surface area contributed by atoms with Crippen LogP contribution in [0.5, 0.6) is 0 Å². The molecule has 0 amide bonds. The highest BCUT2D eigenvalue weighted by Crippen LogP contribution is 2.40. The fraction of sp³-hybridized carbons (Fsp3) is 0.941. The van der Waals surface area contributed by atoms with Crippen LogP contribution >= 0.6 is 0 Å². The molecule has 12 heteroatoms. The number of carbonyl (C=O) groups is 1. The predicted octanol–water partition coefficient (Wildman–Crippen LogP) is -0.820. The molecule has 1 aliphatic carbocycles. The van der Waals surface area contributed by atoms with Gasteiger partial charge < -0.3 is 26.6 Å². The van der Waals surface area contributed by atoms with E-state index in [0.717, 1.165) is 19.3 Å². The summed E-state index contributed by atoms with van der Waals surface area (Å²) in [6.07, 6.45) is 3.72. The van der Waals surface area contributed by atoms with Crippen molar-refractivity contribution in [1.82, 2.24) is 8.61 Å². The van der Waals surface area contributed by atoms with E-state index in [9.17, 15) is 18.3 Å². The van der Waals surface area contributed by atoms with Gasteiger partial charge in [-0.15, -0.1) is 0 Å². The molecule has 0 spiro atoms. The van der Waals surface area contributed by atoms with E-state index in [4.69, 9.17) is 21.5 Å². The lowest BCUT2D eigenvalue weighted by Gasteiger charge is -2.35. The van der Waals surface area contributed by atoms with Crippen LogP contribution in [-0.2, 0) is 15.0 Å². The number of hydrogen-bond donors (Lipinski definition) is 5. The van der Waals surface area contributed by atoms with Crippen LogP contribution in [0.15, 0.2) is 0 Å². The van der Waals surface area contributed by atoms with E-state index in [-0.39, 0.29) is 31.9 Å². The molecule has 1 saturated heterocycles. The highest BCUT2D eigenvalue weighted by atomic mass is 32.2. The van der Waals surface area contributed by atoms with Crippen molar-refractivity contribution in [1.29, 1.82) is 0 Å². The average molecular weight is 434 g/mol. The van der Waals surface area contributed by atoms with Crippen LogP contribution in [0.3, 0.4) is 0 Å². The molecule has 29 heavy (non-hydrogen) atoms. The van der Waals surface area contributed by atoms with Gasteiger partial charge in [0.05, 0.1) is 0 Å². The molecule has 1 heterocycles. The number of unbranched alkanes of at least 4 members (excludes halogenated alkanes) is 1. The van der Waals surface area contributed by atoms with E-state index in [2.05, 4.69) is 0 Å². The number of nitrogens with zero attached hydrogens (tertiary/aromatic N) is 2. The topological polar surface area (TPSA) is 170 Å². The average Bonchev–Trinajstić information content (AvgIpc) is 3.28. The summed E-state index contributed by atoms with van der Waals surface area (Å²) in [4.78, 5) is 11.9. The molecule has 0 aromatic rings. The van der Waals surface area contributed by atoms with Crippen LogP contribution in [0, 0.1) is 5.92 Å². The first kappa shape index (κ1) is 24.5. The molecule has 2 rings (SSSR count). The quantitative estimate of drug-likeness (QED) is 0.248. The van der Waals surface area contributed by atoms with Gasteiger partial charge in [0, 0.05) is 37.1 Å². The second-order valence-electron chi connectivity index (χ2n) is 8.63. The Labute approximate surface area is 173 Å². The predicted molar refractivity (Wildman–Crippen MR) is 110 cm³/mol. The first-order chi connectivity index (χ1) is 13.4. The zero-order valence-electron chi connectivity index (χ0n) is 17.3. The summed E-state index contributed by atoms with van der Waals surface area (Å²) in [7, 11) is -5.44. The van der Waals surface area contributed by atoms with E-state index in [1.807, 2.05) is 13.8 Å². The van der Waals surface area contributed by atoms with Gasteiger partial charge >= 0.3 is 13.1 Å². The highest BCUT2D eigenvalue weighted by molar-refractivity contribution is 7.86. The van der Waals surface area contributed by atoms with Gasteiger partial charge in [-0.1, -0.05) is 19.8 Å². The standard InChI is InChI=1S/C17H35BN4O6S/c1-3-4-10-22(13(2)16(19)7-8-16)29(27,28)21-11-14(6-5-9-18(25)26)17(20,12-21)15(23)24/h13-14,25-26H,3-12,19-20H2,1-2H3,(H,23,24)/t13?,14-,17-/m0/s1. The molecule has 1 aliphatic heterocycles. The zero-order chi connectivity index (χ0) is 22.0. The Hall–Kier alpha value is -0.755. The Balaban J connectivity index is 2.23. The maximum atomic E-state index is 13.5. The smallest absolute Gasteiger partial charge is 0.451 e. The number of carboxylic acid groups (broad SMARTS) is 1. The van der Waals surface area contributed by atoms with Crippen molar-refractivity contribution in [2.75, 3.05) is 19.6 Å². The minimum absolute atomic E-state index is 0.0143. The Morgan fingerprint density at radius 2 is 1.93 bits per heavy atom. The van der Waals surface area contributed by atoms with Crippen LogP contribution in [0.4, 0.5) is 0 Å². The molecule has 0 bridgehead atoms. The van der Waals surface area contributed by atoms with Crippen LogP contribution in [-0.4, -0.2) is 82.0 Å². The lowest BCUT2D eigenvalue weighted by Crippen LogP contribution is -2.57. The van der Waals surface area contributed by atoms with Crippen molar-refractivity contribution < 1.29 is 28.4 Å². The maximum absolute atomic E-state index is 13.5. The molecule has 0 aromatic carbocycles. The zero-order valence-corrected chi connectivity index (χ0v) is 18.1. The van der Waals surface area contributed by atoms with Gasteiger partial charge in [0.1, 0.15) is 5.54 Å². The fourth-order valence-corrected chi connectivity index (χ4v) is 6.04. The third kappa shape index (κ3) is 5.30. The minimum atomic E-state index is -3.95. The number of aliphatic carboxylic acids is 1. The molecule has 1 saturated carbocycles. The van der Waals surface area contributed by atoms with Gasteiger partial charge in [-0.3, -0.25) is 4.79 Å². The van der Waals surface area contributed by atoms with Crippen LogP contribution in [0.25, 0.3) is 0 Å². The van der Waals surface area contributed by atoms with E-state index in [0.29, 0.717) is 19.4 Å². The largest absolute Gasteiger partial charge is 0.480 e. The van der Waals surface area contributed by atoms with E-state index in [1.165, 1.54) is 8.61 Å². The molecule has 0 aromatic heterocycles. The van der Waals surface area contributed by atoms with Crippen molar-refractivity contribution in [3.63, 3.8) is 0 Å². The summed E-state index contributed by atoms with van der Waals surface area (Å²) < 4.78 is 29.5. The van der Waals surface area contributed by atoms with Gasteiger partial charge in [0.25, 0.3) is 10.2 Å². The molecule has 7 N–H and O–H groups in total. The van der Waals surface area contributed by atoms with Gasteiger partial charge in [0.2, 0.25) is 0 Å². The Kier molecular flexibility index (Phi) is 7.75. The van der Waals surface area contributed by atoms with E-state index in [1.54, 1.807) is 0 Å². The second kappa shape index (κ2) is 9.17. The summed E-state index contributed by atoms with van der Waals surface area (Å²) in [5, 5.41) is 27.7. The summed E-state index contributed by atoms with van der Waals surface area (Å²) in [5.74, 6) is -1.87. The second-order valence-corrected chi connectivity index (χ2v) is 10.5. The molecule has 168 valence electrons. The minimum Gasteiger partial charge on any atom is -0.480 e. The Morgan fingerprint density at radius 1 is 1.31 bits per heavy atom. The monoisotopic (exact) mass is 434 g/mol. The molecule has 2 aliphatic rings. The molecule has 2 fully saturated rings. The van der Waals surface area contributed by atoms with Crippen LogP contribution < -0.4 is 11.5 Å². The van der Waals surface area contributed by atoms with Gasteiger partial charge in [-0.05, 0) is 38.9 Å². The molecular weight excluding hydrogens is 399 g/mol. The Morgan fingerprint density at radius 3 is 2.41 bits per heavy atom. The molecule has 3 atom stereocenters. The molecular formula is C17H35BN4O6S. The molecule has 0 radical (unpaired) electrons. The van der Waals surface area contributed by atoms with Crippen LogP contribution in [0.1, 0.15) is 52.4 Å². The van der Waals surface area contributed by atoms with E-state index >= 15 is 0 Å². The van der Waals surface area contributed by atoms with Crippen molar-refractivity contribution in [2.45, 2.75) is 75.8 Å². The third-order valence-corrected chi connectivity index (χ3v) is 8.47. The van der Waals surface area contributed by atoms with Gasteiger partial charge in [-0.2, -0.15) is 17.0 Å². The fourth-order valence-electron chi connectivity index (χ4n) is 4.03. The molecule has 1 unspecified atom stereocenters. The number of carboxylic acids is 1. The van der Waals surface area contributed by atoms with Crippen molar-refractivity contribution in [3.8, 4) is 0 Å². The van der Waals surface area contributed by atoms with Crippen molar-refractivity contribution in [2.24, 2.45) is 17.4 Å². The SMILES string of the molecule is CCCCN(C(C)C1(N)CC1)S(=O)(=O)N1C[C@H](CCCB(O)O)[C@](N)(C(=O)O)C1. The first-order valence-electron chi connectivity index (χ1n) is 10.3. The first-order valence-corrected chi connectivity index (χ1v) is 11.7. The Bertz CT molecular complexity index is 689.